The van der Waals surface area contributed by atoms with Crippen molar-refractivity contribution >= 4 is 39.6 Å². The lowest BCUT2D eigenvalue weighted by Gasteiger charge is -2.41. The third-order valence-corrected chi connectivity index (χ3v) is 8.43. The predicted molar refractivity (Wildman–Crippen MR) is 150 cm³/mol. The number of carbonyl (C=O) groups is 4. The lowest BCUT2D eigenvalue weighted by molar-refractivity contribution is -0.157. The lowest BCUT2D eigenvalue weighted by atomic mass is 9.75. The van der Waals surface area contributed by atoms with Crippen LogP contribution in [0.3, 0.4) is 0 Å². The quantitative estimate of drug-likeness (QED) is 0.438. The van der Waals surface area contributed by atoms with E-state index < -0.39 is 47.1 Å². The van der Waals surface area contributed by atoms with Crippen LogP contribution in [0.15, 0.2) is 47.1 Å². The number of carbonyl (C=O) groups excluding carboxylic acids is 3. The summed E-state index contributed by atoms with van der Waals surface area (Å²) in [4.78, 5) is 62.5. The number of imide groups is 1. The van der Waals surface area contributed by atoms with Crippen LogP contribution in [0.4, 0.5) is 0 Å². The summed E-state index contributed by atoms with van der Waals surface area (Å²) in [6.07, 6.45) is 2.11. The van der Waals surface area contributed by atoms with E-state index in [9.17, 15) is 24.3 Å². The predicted octanol–water partition coefficient (Wildman–Crippen LogP) is 5.22. The molecule has 2 aliphatic heterocycles. The molecule has 0 bridgehead atoms. The topological polar surface area (TPSA) is 108 Å². The van der Waals surface area contributed by atoms with Crippen LogP contribution in [-0.4, -0.2) is 55.7 Å². The molecule has 1 aromatic heterocycles. The summed E-state index contributed by atoms with van der Waals surface area (Å²) in [7, 11) is 0. The molecule has 2 fully saturated rings. The van der Waals surface area contributed by atoms with E-state index in [1.54, 1.807) is 36.5 Å². The minimum absolute atomic E-state index is 0.0127. The minimum atomic E-state index is -1.93. The van der Waals surface area contributed by atoms with E-state index in [0.29, 0.717) is 12.1 Å². The second kappa shape index (κ2) is 10.5. The maximum Gasteiger partial charge on any atom is 0.330 e. The third kappa shape index (κ3) is 4.68. The zero-order valence-electron chi connectivity index (χ0n) is 23.3. The highest BCUT2D eigenvalue weighted by atomic mass is 79.9. The van der Waals surface area contributed by atoms with E-state index in [-0.39, 0.29) is 29.9 Å². The number of aliphatic carboxylic acids is 1. The van der Waals surface area contributed by atoms with Gasteiger partial charge in [0, 0.05) is 22.8 Å². The van der Waals surface area contributed by atoms with E-state index in [0.717, 1.165) is 10.0 Å². The molecule has 8 nitrogen and oxygen atoms in total. The van der Waals surface area contributed by atoms with Crippen molar-refractivity contribution in [3.05, 3.63) is 63.9 Å². The SMILES string of the molecule is CCCN1C(=O)C2C(C1=O)[C@@](CC(C)C)(C(=O)O)N(C(=O)c1ccc(C(C)(C)C)c(Br)c1)[C@H]2c1ccccn1. The minimum Gasteiger partial charge on any atom is -0.479 e. The molecule has 0 saturated carbocycles. The summed E-state index contributed by atoms with van der Waals surface area (Å²) < 4.78 is 0.723. The van der Waals surface area contributed by atoms with Crippen molar-refractivity contribution in [1.29, 1.82) is 0 Å². The Morgan fingerprint density at radius 1 is 1.13 bits per heavy atom. The zero-order valence-corrected chi connectivity index (χ0v) is 24.9. The molecule has 9 heteroatoms. The molecule has 2 saturated heterocycles. The van der Waals surface area contributed by atoms with Crippen molar-refractivity contribution in [2.45, 2.75) is 71.4 Å². The summed E-state index contributed by atoms with van der Waals surface area (Å²) in [6, 6.07) is 9.37. The zero-order chi connectivity index (χ0) is 28.9. The fourth-order valence-electron chi connectivity index (χ4n) is 6.32. The molecule has 4 atom stereocenters. The van der Waals surface area contributed by atoms with E-state index >= 15 is 0 Å². The molecule has 2 unspecified atom stereocenters. The highest BCUT2D eigenvalue weighted by Gasteiger charge is 2.73. The number of pyridine rings is 1. The van der Waals surface area contributed by atoms with Crippen molar-refractivity contribution in [3.8, 4) is 0 Å². The Kier molecular flexibility index (Phi) is 7.78. The Morgan fingerprint density at radius 3 is 2.33 bits per heavy atom. The summed E-state index contributed by atoms with van der Waals surface area (Å²) in [5.74, 6) is -5.26. The van der Waals surface area contributed by atoms with Crippen LogP contribution < -0.4 is 0 Å². The van der Waals surface area contributed by atoms with Crippen LogP contribution in [0.25, 0.3) is 0 Å². The first-order chi connectivity index (χ1) is 18.3. The molecule has 2 aromatic rings. The van der Waals surface area contributed by atoms with Gasteiger partial charge < -0.3 is 10.0 Å². The van der Waals surface area contributed by atoms with Crippen LogP contribution in [0, 0.1) is 17.8 Å². The Labute approximate surface area is 237 Å². The molecular formula is C30H36BrN3O5. The maximum atomic E-state index is 14.5. The van der Waals surface area contributed by atoms with Crippen molar-refractivity contribution in [3.63, 3.8) is 0 Å². The molecule has 4 rings (SSSR count). The van der Waals surface area contributed by atoms with Crippen molar-refractivity contribution in [2.75, 3.05) is 6.54 Å². The number of aromatic nitrogens is 1. The van der Waals surface area contributed by atoms with Crippen LogP contribution in [0.2, 0.25) is 0 Å². The number of carboxylic acid groups (broad SMARTS) is 1. The van der Waals surface area contributed by atoms with E-state index in [1.807, 2.05) is 26.8 Å². The highest BCUT2D eigenvalue weighted by molar-refractivity contribution is 9.10. The average Bonchev–Trinajstić information content (AvgIpc) is 3.29. The van der Waals surface area contributed by atoms with Gasteiger partial charge in [-0.05, 0) is 54.0 Å². The van der Waals surface area contributed by atoms with Gasteiger partial charge in [-0.25, -0.2) is 4.79 Å². The molecule has 2 aliphatic rings. The second-order valence-electron chi connectivity index (χ2n) is 12.0. The van der Waals surface area contributed by atoms with Gasteiger partial charge in [-0.15, -0.1) is 0 Å². The molecule has 0 aliphatic carbocycles. The first-order valence-electron chi connectivity index (χ1n) is 13.4. The molecular weight excluding hydrogens is 562 g/mol. The fraction of sp³-hybridized carbons (Fsp3) is 0.500. The van der Waals surface area contributed by atoms with Gasteiger partial charge in [0.1, 0.15) is 0 Å². The van der Waals surface area contributed by atoms with Crippen LogP contribution >= 0.6 is 15.9 Å². The Balaban J connectivity index is 1.99. The molecule has 0 spiro atoms. The van der Waals surface area contributed by atoms with Crippen molar-refractivity contribution in [1.82, 2.24) is 14.8 Å². The summed E-state index contributed by atoms with van der Waals surface area (Å²) in [6.45, 7) is 12.0. The average molecular weight is 599 g/mol. The molecule has 208 valence electrons. The number of benzene rings is 1. The van der Waals surface area contributed by atoms with Gasteiger partial charge in [-0.2, -0.15) is 0 Å². The van der Waals surface area contributed by atoms with Gasteiger partial charge >= 0.3 is 5.97 Å². The van der Waals surface area contributed by atoms with Gasteiger partial charge in [-0.1, -0.05) is 69.6 Å². The molecule has 1 N–H and O–H groups in total. The number of hydrogen-bond acceptors (Lipinski definition) is 5. The first-order valence-corrected chi connectivity index (χ1v) is 14.2. The van der Waals surface area contributed by atoms with Crippen LogP contribution in [0.5, 0.6) is 0 Å². The molecule has 3 amide bonds. The number of amides is 3. The number of hydrogen-bond donors (Lipinski definition) is 1. The van der Waals surface area contributed by atoms with Crippen molar-refractivity contribution in [2.24, 2.45) is 17.8 Å². The molecule has 1 aromatic carbocycles. The van der Waals surface area contributed by atoms with E-state index in [4.69, 9.17) is 0 Å². The Bertz CT molecular complexity index is 1310. The van der Waals surface area contributed by atoms with Gasteiger partial charge in [-0.3, -0.25) is 24.3 Å². The normalized spacial score (nSPS) is 25.0. The molecule has 39 heavy (non-hydrogen) atoms. The number of likely N-dealkylation sites (tertiary alicyclic amines) is 2. The lowest BCUT2D eigenvalue weighted by Crippen LogP contribution is -2.60. The molecule has 3 heterocycles. The van der Waals surface area contributed by atoms with E-state index in [2.05, 4.69) is 41.7 Å². The van der Waals surface area contributed by atoms with Gasteiger partial charge in [0.05, 0.1) is 23.6 Å². The third-order valence-electron chi connectivity index (χ3n) is 7.78. The maximum absolute atomic E-state index is 14.5. The van der Waals surface area contributed by atoms with Crippen molar-refractivity contribution < 1.29 is 24.3 Å². The van der Waals surface area contributed by atoms with E-state index in [1.165, 1.54) is 9.80 Å². The Morgan fingerprint density at radius 2 is 1.82 bits per heavy atom. The second-order valence-corrected chi connectivity index (χ2v) is 12.8. The Hall–Kier alpha value is -3.07. The van der Waals surface area contributed by atoms with Gasteiger partial charge in [0.25, 0.3) is 5.91 Å². The van der Waals surface area contributed by atoms with Gasteiger partial charge in [0.2, 0.25) is 11.8 Å². The standard InChI is InChI=1S/C30H36BrN3O5/c1-7-14-33-26(36)22-23(27(33)37)30(28(38)39,16-17(2)3)34(24(22)21-10-8-9-13-32-21)25(35)18-11-12-19(20(31)15-18)29(4,5)6/h8-13,15,17,22-24H,7,14,16H2,1-6H3,(H,38,39)/t22?,23?,24-,30-/m0/s1. The highest BCUT2D eigenvalue weighted by Crippen LogP contribution is 2.57. The largest absolute Gasteiger partial charge is 0.479 e. The number of fused-ring (bicyclic) bond motifs is 1. The number of rotatable bonds is 7. The first kappa shape index (κ1) is 28.9. The van der Waals surface area contributed by atoms with Crippen LogP contribution in [-0.2, 0) is 19.8 Å². The number of carboxylic acids is 1. The molecule has 0 radical (unpaired) electrons. The summed E-state index contributed by atoms with van der Waals surface area (Å²) in [5.41, 5.74) is -0.465. The summed E-state index contributed by atoms with van der Waals surface area (Å²) >= 11 is 3.60. The van der Waals surface area contributed by atoms with Crippen LogP contribution in [0.1, 0.15) is 82.0 Å². The summed E-state index contributed by atoms with van der Waals surface area (Å²) in [5, 5.41) is 10.9. The number of nitrogens with zero attached hydrogens (tertiary/aromatic N) is 3. The monoisotopic (exact) mass is 597 g/mol. The fourth-order valence-corrected chi connectivity index (χ4v) is 7.29. The number of halogens is 1. The smallest absolute Gasteiger partial charge is 0.330 e. The van der Waals surface area contributed by atoms with Gasteiger partial charge in [0.15, 0.2) is 5.54 Å².